The van der Waals surface area contributed by atoms with Gasteiger partial charge in [0.25, 0.3) is 0 Å². The van der Waals surface area contributed by atoms with Crippen LogP contribution >= 0.6 is 44.8 Å². The predicted molar refractivity (Wildman–Crippen MR) is 94.8 cm³/mol. The molecule has 0 aromatic heterocycles. The SMILES string of the molecule is CS[Si](C)(SC)[Si](C)(C)[Si](C)(SC)SC. The van der Waals surface area contributed by atoms with Gasteiger partial charge in [-0.2, -0.15) is 44.8 Å². The van der Waals surface area contributed by atoms with Crippen LogP contribution < -0.4 is 0 Å². The molecule has 0 aliphatic rings. The van der Waals surface area contributed by atoms with E-state index in [9.17, 15) is 0 Å². The Kier molecular flexibility index (Phi) is 7.14. The Morgan fingerprint density at radius 2 is 0.733 bits per heavy atom. The summed E-state index contributed by atoms with van der Waals surface area (Å²) in [7, 11) is -1.08. The number of hydrogen-bond acceptors (Lipinski definition) is 4. The summed E-state index contributed by atoms with van der Waals surface area (Å²) in [5, 5.41) is 0. The predicted octanol–water partition coefficient (Wildman–Crippen LogP) is 4.45. The summed E-state index contributed by atoms with van der Waals surface area (Å²) in [5.41, 5.74) is 0. The van der Waals surface area contributed by atoms with Crippen molar-refractivity contribution in [1.29, 1.82) is 0 Å². The lowest BCUT2D eigenvalue weighted by Crippen LogP contribution is -2.67. The highest BCUT2D eigenvalue weighted by molar-refractivity contribution is 8.74. The molecule has 7 heteroatoms. The van der Waals surface area contributed by atoms with Crippen molar-refractivity contribution in [3.63, 3.8) is 0 Å². The monoisotopic (exact) mass is 332 g/mol. The van der Waals surface area contributed by atoms with E-state index in [0.717, 1.165) is 0 Å². The molecule has 0 aliphatic carbocycles. The summed E-state index contributed by atoms with van der Waals surface area (Å²) in [6.45, 7) is 10.5. The average Bonchev–Trinajstić information content (AvgIpc) is 2.26. The van der Waals surface area contributed by atoms with E-state index >= 15 is 0 Å². The lowest BCUT2D eigenvalue weighted by molar-refractivity contribution is 1.97. The first-order chi connectivity index (χ1) is 6.74. The molecule has 0 saturated carbocycles. The largest absolute Gasteiger partial charge is 0.179 e. The Labute approximate surface area is 114 Å². The highest BCUT2D eigenvalue weighted by atomic mass is 32.6. The Balaban J connectivity index is 5.25. The van der Waals surface area contributed by atoms with Gasteiger partial charge in [0.1, 0.15) is 0 Å². The second-order valence-corrected chi connectivity index (χ2v) is 48.6. The number of hydrogen-bond donors (Lipinski definition) is 0. The van der Waals surface area contributed by atoms with E-state index in [0.29, 0.717) is 0 Å². The Bertz CT molecular complexity index is 182. The maximum atomic E-state index is 2.66. The summed E-state index contributed by atoms with van der Waals surface area (Å²) in [4.78, 5) is 0. The molecule has 0 heterocycles. The van der Waals surface area contributed by atoms with Gasteiger partial charge in [-0.15, -0.1) is 0 Å². The maximum absolute atomic E-state index is 2.66. The minimum absolute atomic E-state index is 1.08. The van der Waals surface area contributed by atoms with Crippen LogP contribution in [0.5, 0.6) is 0 Å². The fourth-order valence-corrected chi connectivity index (χ4v) is 83.2. The van der Waals surface area contributed by atoms with Crippen LogP contribution in [0.15, 0.2) is 0 Å². The molecule has 0 bridgehead atoms. The first-order valence-corrected chi connectivity index (χ1v) is 22.7. The molecule has 0 spiro atoms. The third-order valence-corrected chi connectivity index (χ3v) is 81.7. The lowest BCUT2D eigenvalue weighted by atomic mass is 11.9. The van der Waals surface area contributed by atoms with E-state index in [1.165, 1.54) is 0 Å². The molecule has 0 rings (SSSR count). The van der Waals surface area contributed by atoms with Crippen LogP contribution in [-0.2, 0) is 0 Å². The van der Waals surface area contributed by atoms with Crippen LogP contribution in [0, 0.1) is 0 Å². The van der Waals surface area contributed by atoms with Crippen molar-refractivity contribution in [3.05, 3.63) is 0 Å². The molecule has 0 aromatic rings. The molecular formula is C8H24S4Si3. The van der Waals surface area contributed by atoms with E-state index in [1.54, 1.807) is 0 Å². The maximum Gasteiger partial charge on any atom is 0.161 e. The Hall–Kier alpha value is 2.05. The van der Waals surface area contributed by atoms with Crippen molar-refractivity contribution in [2.45, 2.75) is 26.2 Å². The highest BCUT2D eigenvalue weighted by Gasteiger charge is 2.57. The van der Waals surface area contributed by atoms with Crippen molar-refractivity contribution in [2.75, 3.05) is 25.0 Å². The smallest absolute Gasteiger partial charge is 0.161 e. The average molecular weight is 333 g/mol. The van der Waals surface area contributed by atoms with E-state index in [4.69, 9.17) is 0 Å². The second-order valence-electron chi connectivity index (χ2n) is 4.33. The zero-order chi connectivity index (χ0) is 12.3. The quantitative estimate of drug-likeness (QED) is 0.659. The lowest BCUT2D eigenvalue weighted by Gasteiger charge is -2.47. The summed E-state index contributed by atoms with van der Waals surface area (Å²) < 4.78 is 0. The van der Waals surface area contributed by atoms with Crippen molar-refractivity contribution in [2.24, 2.45) is 0 Å². The Morgan fingerprint density at radius 3 is 0.867 bits per heavy atom. The van der Waals surface area contributed by atoms with Crippen LogP contribution in [-0.4, -0.2) is 43.9 Å². The zero-order valence-electron chi connectivity index (χ0n) is 11.1. The summed E-state index contributed by atoms with van der Waals surface area (Å²) >= 11 is 8.83. The van der Waals surface area contributed by atoms with Gasteiger partial charge in [-0.3, -0.25) is 0 Å². The summed E-state index contributed by atoms with van der Waals surface area (Å²) in [6, 6.07) is 0. The standard InChI is InChI=1S/C8H24S4Si3/c1-9-14(7,10-2)13(5,6)15(8,11-3)12-4/h1-8H3. The Morgan fingerprint density at radius 1 is 0.533 bits per heavy atom. The van der Waals surface area contributed by atoms with Gasteiger partial charge in [-0.05, 0) is 25.0 Å². The van der Waals surface area contributed by atoms with Crippen LogP contribution in [0.4, 0.5) is 0 Å². The van der Waals surface area contributed by atoms with E-state index in [-0.39, 0.29) is 0 Å². The summed E-state index contributed by atoms with van der Waals surface area (Å²) in [6.07, 6.45) is 9.36. The highest BCUT2D eigenvalue weighted by Crippen LogP contribution is 2.48. The fraction of sp³-hybridized carbons (Fsp3) is 1.00. The van der Waals surface area contributed by atoms with E-state index in [2.05, 4.69) is 96.1 Å². The van der Waals surface area contributed by atoms with E-state index < -0.39 is 18.9 Å². The first kappa shape index (κ1) is 17.1. The van der Waals surface area contributed by atoms with Gasteiger partial charge in [0.05, 0.1) is 7.11 Å². The molecule has 0 saturated heterocycles. The number of rotatable bonds is 6. The molecule has 0 unspecified atom stereocenters. The zero-order valence-corrected chi connectivity index (χ0v) is 17.4. The first-order valence-electron chi connectivity index (χ1n) is 4.95. The van der Waals surface area contributed by atoms with Gasteiger partial charge in [0.15, 0.2) is 11.8 Å². The third kappa shape index (κ3) is 3.08. The molecule has 0 amide bonds. The molecule has 15 heavy (non-hydrogen) atoms. The molecular weight excluding hydrogens is 309 g/mol. The van der Waals surface area contributed by atoms with Gasteiger partial charge in [0, 0.05) is 0 Å². The van der Waals surface area contributed by atoms with Crippen molar-refractivity contribution >= 4 is 63.7 Å². The molecule has 0 aliphatic heterocycles. The normalized spacial score (nSPS) is 14.4. The second kappa shape index (κ2) is 6.29. The van der Waals surface area contributed by atoms with Crippen LogP contribution in [0.3, 0.4) is 0 Å². The van der Waals surface area contributed by atoms with Crippen molar-refractivity contribution in [1.82, 2.24) is 0 Å². The minimum Gasteiger partial charge on any atom is -0.179 e. The van der Waals surface area contributed by atoms with Crippen LogP contribution in [0.1, 0.15) is 0 Å². The molecule has 0 fully saturated rings. The van der Waals surface area contributed by atoms with Crippen molar-refractivity contribution < 1.29 is 0 Å². The van der Waals surface area contributed by atoms with Gasteiger partial charge < -0.3 is 0 Å². The fourth-order valence-electron chi connectivity index (χ4n) is 1.60. The third-order valence-electron chi connectivity index (χ3n) is 3.83. The van der Waals surface area contributed by atoms with Crippen LogP contribution in [0.25, 0.3) is 0 Å². The molecule has 0 radical (unpaired) electrons. The van der Waals surface area contributed by atoms with Crippen molar-refractivity contribution in [3.8, 4) is 0 Å². The van der Waals surface area contributed by atoms with Crippen LogP contribution in [0.2, 0.25) is 26.2 Å². The minimum atomic E-state index is -1.11. The van der Waals surface area contributed by atoms with Gasteiger partial charge in [-0.1, -0.05) is 26.2 Å². The molecule has 0 atom stereocenters. The molecule has 0 nitrogen and oxygen atoms in total. The molecule has 0 N–H and O–H groups in total. The van der Waals surface area contributed by atoms with E-state index in [1.807, 2.05) is 0 Å². The molecule has 92 valence electrons. The topological polar surface area (TPSA) is 0 Å². The van der Waals surface area contributed by atoms with Gasteiger partial charge >= 0.3 is 0 Å². The molecule has 0 aromatic carbocycles. The summed E-state index contributed by atoms with van der Waals surface area (Å²) in [5.74, 6) is -2.22. The van der Waals surface area contributed by atoms with Gasteiger partial charge in [0.2, 0.25) is 0 Å². The van der Waals surface area contributed by atoms with Gasteiger partial charge in [-0.25, -0.2) is 0 Å².